The van der Waals surface area contributed by atoms with Crippen LogP contribution in [-0.2, 0) is 7.05 Å². The Balaban J connectivity index is 1.40. The Morgan fingerprint density at radius 1 is 1.32 bits per heavy atom. The first kappa shape index (κ1) is 16.0. The molecule has 4 heterocycles. The number of aromatic nitrogens is 4. The van der Waals surface area contributed by atoms with Gasteiger partial charge in [0.2, 0.25) is 0 Å². The summed E-state index contributed by atoms with van der Waals surface area (Å²) in [7, 11) is 1.84. The van der Waals surface area contributed by atoms with Gasteiger partial charge in [-0.25, -0.2) is 9.97 Å². The predicted octanol–water partition coefficient (Wildman–Crippen LogP) is 2.13. The number of thiophene rings is 1. The van der Waals surface area contributed by atoms with Crippen molar-refractivity contribution in [2.24, 2.45) is 7.05 Å². The molecule has 0 unspecified atom stereocenters. The van der Waals surface area contributed by atoms with Crippen LogP contribution in [0.2, 0.25) is 0 Å². The Hall–Kier alpha value is -2.48. The van der Waals surface area contributed by atoms with Gasteiger partial charge in [-0.3, -0.25) is 9.48 Å². The summed E-state index contributed by atoms with van der Waals surface area (Å²) in [6, 6.07) is 4.07. The third-order valence-electron chi connectivity index (χ3n) is 4.72. The van der Waals surface area contributed by atoms with Crippen molar-refractivity contribution >= 4 is 33.3 Å². The fourth-order valence-electron chi connectivity index (χ4n) is 3.20. The number of anilines is 1. The van der Waals surface area contributed by atoms with E-state index in [1.54, 1.807) is 22.3 Å². The van der Waals surface area contributed by atoms with E-state index in [-0.39, 0.29) is 11.9 Å². The fraction of sp³-hybridized carbons (Fsp3) is 0.412. The van der Waals surface area contributed by atoms with Gasteiger partial charge < -0.3 is 10.2 Å². The molecule has 0 aliphatic carbocycles. The van der Waals surface area contributed by atoms with Gasteiger partial charge in [0.15, 0.2) is 0 Å². The molecule has 0 aromatic carbocycles. The minimum atomic E-state index is -0.0931. The molecule has 7 nitrogen and oxygen atoms in total. The van der Waals surface area contributed by atoms with Gasteiger partial charge in [-0.1, -0.05) is 0 Å². The van der Waals surface area contributed by atoms with Crippen molar-refractivity contribution in [3.63, 3.8) is 0 Å². The van der Waals surface area contributed by atoms with Crippen LogP contribution in [0.3, 0.4) is 0 Å². The zero-order chi connectivity index (χ0) is 17.4. The molecule has 0 radical (unpaired) electrons. The lowest BCUT2D eigenvalue weighted by Gasteiger charge is -2.33. The Morgan fingerprint density at radius 2 is 2.12 bits per heavy atom. The van der Waals surface area contributed by atoms with Crippen molar-refractivity contribution < 1.29 is 4.79 Å². The summed E-state index contributed by atoms with van der Waals surface area (Å²) in [5, 5.41) is 10.5. The van der Waals surface area contributed by atoms with E-state index in [2.05, 4.69) is 31.3 Å². The molecule has 1 saturated heterocycles. The van der Waals surface area contributed by atoms with Gasteiger partial charge >= 0.3 is 0 Å². The molecule has 3 aromatic heterocycles. The number of hydrogen-bond acceptors (Lipinski definition) is 6. The van der Waals surface area contributed by atoms with E-state index in [1.807, 2.05) is 25.4 Å². The number of piperidine rings is 1. The van der Waals surface area contributed by atoms with E-state index in [0.29, 0.717) is 5.69 Å². The quantitative estimate of drug-likeness (QED) is 0.778. The van der Waals surface area contributed by atoms with Crippen LogP contribution in [0, 0.1) is 6.92 Å². The fourth-order valence-corrected chi connectivity index (χ4v) is 3.92. The highest BCUT2D eigenvalue weighted by molar-refractivity contribution is 7.16. The summed E-state index contributed by atoms with van der Waals surface area (Å²) in [6.45, 7) is 3.68. The molecule has 0 spiro atoms. The highest BCUT2D eigenvalue weighted by Gasteiger charge is 2.24. The first-order valence-electron chi connectivity index (χ1n) is 8.36. The lowest BCUT2D eigenvalue weighted by Crippen LogP contribution is -2.45. The number of hydrogen-bond donors (Lipinski definition) is 1. The van der Waals surface area contributed by atoms with Crippen LogP contribution in [0.1, 0.15) is 29.0 Å². The number of amides is 1. The molecule has 4 rings (SSSR count). The smallest absolute Gasteiger partial charge is 0.272 e. The second-order valence-corrected chi connectivity index (χ2v) is 7.26. The molecule has 8 heteroatoms. The van der Waals surface area contributed by atoms with Crippen molar-refractivity contribution in [2.45, 2.75) is 25.8 Å². The van der Waals surface area contributed by atoms with Crippen LogP contribution in [0.5, 0.6) is 0 Å². The highest BCUT2D eigenvalue weighted by atomic mass is 32.1. The molecule has 25 heavy (non-hydrogen) atoms. The van der Waals surface area contributed by atoms with Crippen LogP contribution in [-0.4, -0.2) is 44.8 Å². The number of nitrogens with zero attached hydrogens (tertiary/aromatic N) is 5. The Labute approximate surface area is 149 Å². The number of rotatable bonds is 3. The van der Waals surface area contributed by atoms with Gasteiger partial charge in [-0.15, -0.1) is 11.3 Å². The number of fused-ring (bicyclic) bond motifs is 1. The molecule has 3 aromatic rings. The van der Waals surface area contributed by atoms with Gasteiger partial charge in [-0.05, 0) is 37.3 Å². The summed E-state index contributed by atoms with van der Waals surface area (Å²) in [4.78, 5) is 24.4. The molecule has 0 atom stereocenters. The van der Waals surface area contributed by atoms with E-state index >= 15 is 0 Å². The van der Waals surface area contributed by atoms with E-state index in [0.717, 1.165) is 47.7 Å². The number of carbonyl (C=O) groups excluding carboxylic acids is 1. The van der Waals surface area contributed by atoms with Crippen LogP contribution in [0.25, 0.3) is 10.2 Å². The van der Waals surface area contributed by atoms with Gasteiger partial charge in [0.05, 0.1) is 5.39 Å². The standard InChI is InChI=1S/C17H20N6OS/c1-11-9-14(21-22(11)2)16(24)20-12-3-6-23(7-4-12)15-13-5-8-25-17(13)19-10-18-15/h5,8-10,12H,3-4,6-7H2,1-2H3,(H,20,24). The molecule has 1 aliphatic rings. The van der Waals surface area contributed by atoms with E-state index in [1.165, 1.54) is 0 Å². The summed E-state index contributed by atoms with van der Waals surface area (Å²) in [5.41, 5.74) is 1.46. The molecule has 1 amide bonds. The molecule has 1 fully saturated rings. The van der Waals surface area contributed by atoms with Gasteiger partial charge in [0.25, 0.3) is 5.91 Å². The average Bonchev–Trinajstić information content (AvgIpc) is 3.22. The van der Waals surface area contributed by atoms with Crippen molar-refractivity contribution in [2.75, 3.05) is 18.0 Å². The minimum Gasteiger partial charge on any atom is -0.356 e. The van der Waals surface area contributed by atoms with E-state index in [9.17, 15) is 4.79 Å². The maximum atomic E-state index is 12.4. The Morgan fingerprint density at radius 3 is 2.84 bits per heavy atom. The Bertz CT molecular complexity index is 889. The van der Waals surface area contributed by atoms with Gasteiger partial charge in [0, 0.05) is 31.9 Å². The summed E-state index contributed by atoms with van der Waals surface area (Å²) < 4.78 is 1.72. The SMILES string of the molecule is Cc1cc(C(=O)NC2CCN(c3ncnc4sccc34)CC2)nn1C. The second kappa shape index (κ2) is 6.44. The van der Waals surface area contributed by atoms with E-state index in [4.69, 9.17) is 0 Å². The topological polar surface area (TPSA) is 75.9 Å². The van der Waals surface area contributed by atoms with Gasteiger partial charge in [0.1, 0.15) is 22.7 Å². The summed E-state index contributed by atoms with van der Waals surface area (Å²) >= 11 is 1.63. The van der Waals surface area contributed by atoms with Crippen molar-refractivity contribution in [1.29, 1.82) is 0 Å². The number of carbonyl (C=O) groups is 1. The van der Waals surface area contributed by atoms with Crippen molar-refractivity contribution in [3.8, 4) is 0 Å². The maximum Gasteiger partial charge on any atom is 0.272 e. The molecule has 0 bridgehead atoms. The second-order valence-electron chi connectivity index (χ2n) is 6.37. The first-order chi connectivity index (χ1) is 12.1. The van der Waals surface area contributed by atoms with Crippen molar-refractivity contribution in [1.82, 2.24) is 25.1 Å². The zero-order valence-corrected chi connectivity index (χ0v) is 15.1. The summed E-state index contributed by atoms with van der Waals surface area (Å²) in [6.07, 6.45) is 3.42. The molecule has 1 N–H and O–H groups in total. The molecule has 0 saturated carbocycles. The van der Waals surface area contributed by atoms with E-state index < -0.39 is 0 Å². The number of nitrogens with one attached hydrogen (secondary N) is 1. The van der Waals surface area contributed by atoms with Crippen LogP contribution < -0.4 is 10.2 Å². The molecular weight excluding hydrogens is 336 g/mol. The van der Waals surface area contributed by atoms with Gasteiger partial charge in [-0.2, -0.15) is 5.10 Å². The molecular formula is C17H20N6OS. The third-order valence-corrected chi connectivity index (χ3v) is 5.54. The highest BCUT2D eigenvalue weighted by Crippen LogP contribution is 2.28. The zero-order valence-electron chi connectivity index (χ0n) is 14.3. The number of aryl methyl sites for hydroxylation is 2. The lowest BCUT2D eigenvalue weighted by molar-refractivity contribution is 0.0925. The predicted molar refractivity (Wildman–Crippen MR) is 98.1 cm³/mol. The monoisotopic (exact) mass is 356 g/mol. The van der Waals surface area contributed by atoms with Crippen LogP contribution in [0.4, 0.5) is 5.82 Å². The van der Waals surface area contributed by atoms with Crippen LogP contribution in [0.15, 0.2) is 23.8 Å². The van der Waals surface area contributed by atoms with Crippen molar-refractivity contribution in [3.05, 3.63) is 35.2 Å². The third kappa shape index (κ3) is 3.09. The first-order valence-corrected chi connectivity index (χ1v) is 9.24. The molecule has 1 aliphatic heterocycles. The Kier molecular flexibility index (Phi) is 4.12. The maximum absolute atomic E-state index is 12.4. The lowest BCUT2D eigenvalue weighted by atomic mass is 10.0. The largest absolute Gasteiger partial charge is 0.356 e. The average molecular weight is 356 g/mol. The van der Waals surface area contributed by atoms with Crippen LogP contribution >= 0.6 is 11.3 Å². The minimum absolute atomic E-state index is 0.0931. The molecule has 130 valence electrons. The normalized spacial score (nSPS) is 15.7. The summed E-state index contributed by atoms with van der Waals surface area (Å²) in [5.74, 6) is 0.904.